The van der Waals surface area contributed by atoms with Crippen molar-refractivity contribution in [1.82, 2.24) is 4.90 Å². The molecule has 1 saturated heterocycles. The summed E-state index contributed by atoms with van der Waals surface area (Å²) < 4.78 is 5.36. The van der Waals surface area contributed by atoms with E-state index in [0.29, 0.717) is 18.4 Å². The molecule has 1 aliphatic rings. The Bertz CT molecular complexity index is 493. The van der Waals surface area contributed by atoms with Gasteiger partial charge in [0, 0.05) is 30.4 Å². The number of likely N-dealkylation sites (tertiary alicyclic amines) is 1. The molecule has 0 amide bonds. The fourth-order valence-corrected chi connectivity index (χ4v) is 2.82. The fourth-order valence-electron chi connectivity index (χ4n) is 2.82. The summed E-state index contributed by atoms with van der Waals surface area (Å²) in [5.41, 5.74) is 0.880. The molecular formula is C15H23N3O3. The molecule has 6 heteroatoms. The molecule has 1 N–H and O–H groups in total. The third-order valence-corrected chi connectivity index (χ3v) is 3.90. The number of hydrogen-bond donors (Lipinski definition) is 1. The minimum atomic E-state index is -0.412. The fraction of sp³-hybridized carbons (Fsp3) is 0.600. The van der Waals surface area contributed by atoms with Crippen LogP contribution in [0.2, 0.25) is 0 Å². The summed E-state index contributed by atoms with van der Waals surface area (Å²) in [7, 11) is 0. The molecule has 0 radical (unpaired) electrons. The lowest BCUT2D eigenvalue weighted by Crippen LogP contribution is -2.34. The molecule has 1 aromatic rings. The average Bonchev–Trinajstić information content (AvgIpc) is 2.93. The van der Waals surface area contributed by atoms with Crippen molar-refractivity contribution in [2.24, 2.45) is 0 Å². The molecule has 116 valence electrons. The van der Waals surface area contributed by atoms with Crippen LogP contribution in [0.4, 0.5) is 11.4 Å². The van der Waals surface area contributed by atoms with Gasteiger partial charge < -0.3 is 10.1 Å². The zero-order chi connectivity index (χ0) is 15.2. The Balaban J connectivity index is 2.03. The van der Waals surface area contributed by atoms with Crippen molar-refractivity contribution in [2.75, 3.05) is 31.6 Å². The molecule has 21 heavy (non-hydrogen) atoms. The van der Waals surface area contributed by atoms with Gasteiger partial charge in [-0.3, -0.25) is 15.0 Å². The van der Waals surface area contributed by atoms with Gasteiger partial charge >= 0.3 is 5.69 Å². The van der Waals surface area contributed by atoms with E-state index in [9.17, 15) is 10.1 Å². The number of benzene rings is 1. The van der Waals surface area contributed by atoms with Crippen LogP contribution in [-0.2, 0) is 0 Å². The lowest BCUT2D eigenvalue weighted by atomic mass is 10.2. The van der Waals surface area contributed by atoms with Gasteiger partial charge in [0.25, 0.3) is 0 Å². The van der Waals surface area contributed by atoms with Crippen molar-refractivity contribution in [3.63, 3.8) is 0 Å². The SMILES string of the molecule is CCOc1cc(NCC2CCCN2CC)ccc1[N+](=O)[O-]. The normalized spacial score (nSPS) is 18.7. The second kappa shape index (κ2) is 7.26. The molecule has 1 fully saturated rings. The number of rotatable bonds is 7. The van der Waals surface area contributed by atoms with Crippen LogP contribution < -0.4 is 10.1 Å². The Kier molecular flexibility index (Phi) is 5.38. The van der Waals surface area contributed by atoms with Crippen molar-refractivity contribution in [3.05, 3.63) is 28.3 Å². The second-order valence-electron chi connectivity index (χ2n) is 5.18. The topological polar surface area (TPSA) is 67.6 Å². The summed E-state index contributed by atoms with van der Waals surface area (Å²) in [6, 6.07) is 5.50. The van der Waals surface area contributed by atoms with E-state index in [1.54, 1.807) is 12.1 Å². The third kappa shape index (κ3) is 3.85. The van der Waals surface area contributed by atoms with Crippen LogP contribution in [0.5, 0.6) is 5.75 Å². The zero-order valence-electron chi connectivity index (χ0n) is 12.7. The maximum absolute atomic E-state index is 11.0. The predicted octanol–water partition coefficient (Wildman–Crippen LogP) is 2.89. The highest BCUT2D eigenvalue weighted by Gasteiger charge is 2.22. The number of hydrogen-bond acceptors (Lipinski definition) is 5. The van der Waals surface area contributed by atoms with Crippen molar-refractivity contribution in [3.8, 4) is 5.75 Å². The molecule has 0 bridgehead atoms. The van der Waals surface area contributed by atoms with Crippen LogP contribution in [0.3, 0.4) is 0 Å². The van der Waals surface area contributed by atoms with Crippen molar-refractivity contribution < 1.29 is 9.66 Å². The van der Waals surface area contributed by atoms with E-state index < -0.39 is 4.92 Å². The summed E-state index contributed by atoms with van der Waals surface area (Å²) in [5.74, 6) is 0.325. The molecule has 0 aromatic heterocycles. The lowest BCUT2D eigenvalue weighted by molar-refractivity contribution is -0.385. The largest absolute Gasteiger partial charge is 0.487 e. The highest BCUT2D eigenvalue weighted by molar-refractivity contribution is 5.58. The number of nitro benzene ring substituents is 1. The van der Waals surface area contributed by atoms with Crippen LogP contribution in [0, 0.1) is 10.1 Å². The van der Waals surface area contributed by atoms with Crippen LogP contribution in [0.25, 0.3) is 0 Å². The molecule has 1 aromatic carbocycles. The summed E-state index contributed by atoms with van der Waals surface area (Å²) in [4.78, 5) is 13.0. The maximum atomic E-state index is 11.0. The lowest BCUT2D eigenvalue weighted by Gasteiger charge is -2.23. The predicted molar refractivity (Wildman–Crippen MR) is 83.0 cm³/mol. The Morgan fingerprint density at radius 3 is 2.95 bits per heavy atom. The Labute approximate surface area is 125 Å². The molecule has 0 aliphatic carbocycles. The molecule has 0 spiro atoms. The van der Waals surface area contributed by atoms with E-state index in [4.69, 9.17) is 4.74 Å². The molecule has 6 nitrogen and oxygen atoms in total. The van der Waals surface area contributed by atoms with E-state index in [1.165, 1.54) is 18.9 Å². The summed E-state index contributed by atoms with van der Waals surface area (Å²) >= 11 is 0. The van der Waals surface area contributed by atoms with Gasteiger partial charge in [0.05, 0.1) is 11.5 Å². The monoisotopic (exact) mass is 293 g/mol. The summed E-state index contributed by atoms with van der Waals surface area (Å²) in [6.07, 6.45) is 2.44. The van der Waals surface area contributed by atoms with Crippen LogP contribution in [0.15, 0.2) is 18.2 Å². The van der Waals surface area contributed by atoms with Gasteiger partial charge in [-0.15, -0.1) is 0 Å². The molecule has 1 atom stereocenters. The van der Waals surface area contributed by atoms with Gasteiger partial charge in [0.2, 0.25) is 0 Å². The smallest absolute Gasteiger partial charge is 0.311 e. The van der Waals surface area contributed by atoms with Gasteiger partial charge in [-0.25, -0.2) is 0 Å². The maximum Gasteiger partial charge on any atom is 0.311 e. The summed E-state index contributed by atoms with van der Waals surface area (Å²) in [5, 5.41) is 14.3. The first-order chi connectivity index (χ1) is 10.2. The van der Waals surface area contributed by atoms with Gasteiger partial charge in [-0.05, 0) is 38.9 Å². The van der Waals surface area contributed by atoms with E-state index in [0.717, 1.165) is 25.3 Å². The molecule has 1 heterocycles. The Morgan fingerprint density at radius 2 is 2.29 bits per heavy atom. The van der Waals surface area contributed by atoms with Gasteiger partial charge in [-0.1, -0.05) is 6.92 Å². The molecule has 0 saturated carbocycles. The number of likely N-dealkylation sites (N-methyl/N-ethyl adjacent to an activating group) is 1. The van der Waals surface area contributed by atoms with E-state index in [2.05, 4.69) is 17.1 Å². The van der Waals surface area contributed by atoms with Crippen LogP contribution in [-0.4, -0.2) is 42.1 Å². The van der Waals surface area contributed by atoms with Crippen LogP contribution >= 0.6 is 0 Å². The minimum absolute atomic E-state index is 0.0125. The second-order valence-corrected chi connectivity index (χ2v) is 5.18. The zero-order valence-corrected chi connectivity index (χ0v) is 12.7. The highest BCUT2D eigenvalue weighted by atomic mass is 16.6. The average molecular weight is 293 g/mol. The number of nitrogens with zero attached hydrogens (tertiary/aromatic N) is 2. The number of nitro groups is 1. The number of anilines is 1. The quantitative estimate of drug-likeness (QED) is 0.618. The van der Waals surface area contributed by atoms with E-state index in [1.807, 2.05) is 6.92 Å². The van der Waals surface area contributed by atoms with Gasteiger partial charge in [-0.2, -0.15) is 0 Å². The van der Waals surface area contributed by atoms with E-state index in [-0.39, 0.29) is 5.69 Å². The molecule has 2 rings (SSSR count). The van der Waals surface area contributed by atoms with Crippen molar-refractivity contribution in [2.45, 2.75) is 32.7 Å². The molecule has 1 unspecified atom stereocenters. The minimum Gasteiger partial charge on any atom is -0.487 e. The first kappa shape index (κ1) is 15.6. The van der Waals surface area contributed by atoms with Crippen molar-refractivity contribution >= 4 is 11.4 Å². The first-order valence-electron chi connectivity index (χ1n) is 7.54. The van der Waals surface area contributed by atoms with E-state index >= 15 is 0 Å². The summed E-state index contributed by atoms with van der Waals surface area (Å²) in [6.45, 7) is 7.50. The molecular weight excluding hydrogens is 270 g/mol. The standard InChI is InChI=1S/C15H23N3O3/c1-3-17-9-5-6-13(17)11-16-12-7-8-14(18(19)20)15(10-12)21-4-2/h7-8,10,13,16H,3-6,9,11H2,1-2H3. The Hall–Kier alpha value is -1.82. The van der Waals surface area contributed by atoms with Gasteiger partial charge in [0.15, 0.2) is 5.75 Å². The first-order valence-corrected chi connectivity index (χ1v) is 7.54. The Morgan fingerprint density at radius 1 is 1.48 bits per heavy atom. The third-order valence-electron chi connectivity index (χ3n) is 3.90. The number of nitrogens with one attached hydrogen (secondary N) is 1. The molecule has 1 aliphatic heterocycles. The number of ether oxygens (including phenoxy) is 1. The highest BCUT2D eigenvalue weighted by Crippen LogP contribution is 2.30. The van der Waals surface area contributed by atoms with Crippen molar-refractivity contribution in [1.29, 1.82) is 0 Å². The van der Waals surface area contributed by atoms with Gasteiger partial charge in [0.1, 0.15) is 0 Å². The van der Waals surface area contributed by atoms with Crippen LogP contribution in [0.1, 0.15) is 26.7 Å².